The topological polar surface area (TPSA) is 77.2 Å². The SMILES string of the molecule is CCOc1cc2c(cc1OC)C(=O)N1C=C(c3ccc(N)cc3)C[C@H]1C=N2. The van der Waals surface area contributed by atoms with Crippen LogP contribution in [0.2, 0.25) is 0 Å². The summed E-state index contributed by atoms with van der Waals surface area (Å²) < 4.78 is 11.0. The molecule has 138 valence electrons. The van der Waals surface area contributed by atoms with E-state index in [9.17, 15) is 4.79 Å². The maximum Gasteiger partial charge on any atom is 0.260 e. The Hall–Kier alpha value is -3.28. The lowest BCUT2D eigenvalue weighted by atomic mass is 10.0. The highest BCUT2D eigenvalue weighted by Gasteiger charge is 2.33. The molecule has 0 aromatic heterocycles. The predicted octanol–water partition coefficient (Wildman–Crippen LogP) is 3.65. The Bertz CT molecular complexity index is 948. The van der Waals surface area contributed by atoms with Gasteiger partial charge in [-0.2, -0.15) is 0 Å². The van der Waals surface area contributed by atoms with Crippen molar-refractivity contribution in [2.24, 2.45) is 4.99 Å². The van der Waals surface area contributed by atoms with Crippen molar-refractivity contribution in [2.45, 2.75) is 19.4 Å². The number of benzene rings is 2. The third-order valence-electron chi connectivity index (χ3n) is 4.80. The quantitative estimate of drug-likeness (QED) is 0.841. The summed E-state index contributed by atoms with van der Waals surface area (Å²) in [7, 11) is 1.56. The molecule has 0 aliphatic carbocycles. The molecule has 0 saturated heterocycles. The second kappa shape index (κ2) is 6.79. The molecule has 0 fully saturated rings. The molecule has 2 heterocycles. The fourth-order valence-corrected chi connectivity index (χ4v) is 3.42. The average Bonchev–Trinajstić information content (AvgIpc) is 3.06. The molecule has 2 aliphatic rings. The van der Waals surface area contributed by atoms with Crippen LogP contribution in [0.15, 0.2) is 47.6 Å². The Morgan fingerprint density at radius 1 is 1.22 bits per heavy atom. The number of carbonyl (C=O) groups excluding carboxylic acids is 1. The van der Waals surface area contributed by atoms with E-state index in [2.05, 4.69) is 4.99 Å². The van der Waals surface area contributed by atoms with Gasteiger partial charge < -0.3 is 20.1 Å². The first-order chi connectivity index (χ1) is 13.1. The van der Waals surface area contributed by atoms with Crippen LogP contribution in [-0.4, -0.2) is 36.8 Å². The van der Waals surface area contributed by atoms with Crippen LogP contribution in [-0.2, 0) is 0 Å². The van der Waals surface area contributed by atoms with Crippen molar-refractivity contribution in [1.29, 1.82) is 0 Å². The largest absolute Gasteiger partial charge is 0.493 e. The molecule has 2 N–H and O–H groups in total. The van der Waals surface area contributed by atoms with Gasteiger partial charge in [0.25, 0.3) is 5.91 Å². The summed E-state index contributed by atoms with van der Waals surface area (Å²) in [5.41, 5.74) is 9.73. The van der Waals surface area contributed by atoms with E-state index in [1.807, 2.05) is 43.6 Å². The summed E-state index contributed by atoms with van der Waals surface area (Å²) in [6, 6.07) is 11.0. The molecule has 6 nitrogen and oxygen atoms in total. The standard InChI is InChI=1S/C21H21N3O3/c1-3-27-20-10-18-17(9-19(20)26-2)21(25)24-12-14(8-16(24)11-23-18)13-4-6-15(22)7-5-13/h4-7,9-12,16H,3,8,22H2,1-2H3/t16-/m0/s1. The summed E-state index contributed by atoms with van der Waals surface area (Å²) in [5, 5.41) is 0. The van der Waals surface area contributed by atoms with Gasteiger partial charge in [0, 0.05) is 30.6 Å². The number of fused-ring (bicyclic) bond motifs is 2. The van der Waals surface area contributed by atoms with Crippen LogP contribution < -0.4 is 15.2 Å². The summed E-state index contributed by atoms with van der Waals surface area (Å²) >= 11 is 0. The number of anilines is 1. The van der Waals surface area contributed by atoms with Crippen LogP contribution >= 0.6 is 0 Å². The summed E-state index contributed by atoms with van der Waals surface area (Å²) in [4.78, 5) is 19.5. The Morgan fingerprint density at radius 3 is 2.70 bits per heavy atom. The van der Waals surface area contributed by atoms with Gasteiger partial charge in [-0.25, -0.2) is 0 Å². The number of nitrogens with two attached hydrogens (primary N) is 1. The minimum Gasteiger partial charge on any atom is -0.493 e. The van der Waals surface area contributed by atoms with Gasteiger partial charge in [0.15, 0.2) is 11.5 Å². The van der Waals surface area contributed by atoms with Crippen molar-refractivity contribution in [2.75, 3.05) is 19.5 Å². The molecule has 2 aliphatic heterocycles. The van der Waals surface area contributed by atoms with Crippen molar-refractivity contribution >= 4 is 29.1 Å². The van der Waals surface area contributed by atoms with E-state index in [4.69, 9.17) is 15.2 Å². The highest BCUT2D eigenvalue weighted by molar-refractivity contribution is 6.05. The molecule has 0 bridgehead atoms. The van der Waals surface area contributed by atoms with E-state index >= 15 is 0 Å². The normalized spacial score (nSPS) is 17.9. The zero-order valence-electron chi connectivity index (χ0n) is 15.3. The number of amides is 1. The average molecular weight is 363 g/mol. The molecular formula is C21H21N3O3. The number of carbonyl (C=O) groups is 1. The molecule has 1 amide bonds. The van der Waals surface area contributed by atoms with Crippen LogP contribution in [0.4, 0.5) is 11.4 Å². The fourth-order valence-electron chi connectivity index (χ4n) is 3.42. The van der Waals surface area contributed by atoms with Crippen molar-refractivity contribution in [3.63, 3.8) is 0 Å². The van der Waals surface area contributed by atoms with Crippen LogP contribution in [0.1, 0.15) is 29.3 Å². The number of rotatable bonds is 4. The second-order valence-corrected chi connectivity index (χ2v) is 6.49. The Labute approximate surface area is 157 Å². The van der Waals surface area contributed by atoms with E-state index in [0.717, 1.165) is 16.8 Å². The van der Waals surface area contributed by atoms with Crippen molar-refractivity contribution in [3.05, 3.63) is 53.7 Å². The minimum atomic E-state index is -0.112. The van der Waals surface area contributed by atoms with Gasteiger partial charge in [-0.1, -0.05) is 12.1 Å². The number of nitrogen functional groups attached to an aromatic ring is 1. The van der Waals surface area contributed by atoms with Crippen molar-refractivity contribution in [1.82, 2.24) is 4.90 Å². The molecule has 27 heavy (non-hydrogen) atoms. The zero-order valence-corrected chi connectivity index (χ0v) is 15.3. The molecule has 4 rings (SSSR count). The third-order valence-corrected chi connectivity index (χ3v) is 4.80. The molecular weight excluding hydrogens is 342 g/mol. The maximum atomic E-state index is 13.2. The summed E-state index contributed by atoms with van der Waals surface area (Å²) in [6.45, 7) is 2.41. The monoisotopic (exact) mass is 363 g/mol. The predicted molar refractivity (Wildman–Crippen MR) is 106 cm³/mol. The van der Waals surface area contributed by atoms with Crippen molar-refractivity contribution in [3.8, 4) is 11.5 Å². The van der Waals surface area contributed by atoms with E-state index < -0.39 is 0 Å². The van der Waals surface area contributed by atoms with Gasteiger partial charge in [-0.15, -0.1) is 0 Å². The first-order valence-corrected chi connectivity index (χ1v) is 8.89. The molecule has 0 unspecified atom stereocenters. The van der Waals surface area contributed by atoms with E-state index in [-0.39, 0.29) is 11.9 Å². The maximum absolute atomic E-state index is 13.2. The first-order valence-electron chi connectivity index (χ1n) is 8.89. The lowest BCUT2D eigenvalue weighted by Crippen LogP contribution is -2.32. The number of ether oxygens (including phenoxy) is 2. The van der Waals surface area contributed by atoms with Crippen LogP contribution in [0, 0.1) is 0 Å². The van der Waals surface area contributed by atoms with Crippen LogP contribution in [0.3, 0.4) is 0 Å². The molecule has 6 heteroatoms. The van der Waals surface area contributed by atoms with Crippen molar-refractivity contribution < 1.29 is 14.3 Å². The Balaban J connectivity index is 1.71. The van der Waals surface area contributed by atoms with E-state index in [1.54, 1.807) is 24.1 Å². The fraction of sp³-hybridized carbons (Fsp3) is 0.238. The summed E-state index contributed by atoms with van der Waals surface area (Å²) in [5.74, 6) is 1.02. The van der Waals surface area contributed by atoms with Crippen LogP contribution in [0.5, 0.6) is 11.5 Å². The Morgan fingerprint density at radius 2 is 2.00 bits per heavy atom. The van der Waals surface area contributed by atoms with E-state index in [0.29, 0.717) is 35.8 Å². The second-order valence-electron chi connectivity index (χ2n) is 6.49. The highest BCUT2D eigenvalue weighted by Crippen LogP contribution is 2.39. The highest BCUT2D eigenvalue weighted by atomic mass is 16.5. The number of hydrogen-bond acceptors (Lipinski definition) is 5. The molecule has 0 radical (unpaired) electrons. The molecule has 2 aromatic rings. The van der Waals surface area contributed by atoms with Gasteiger partial charge in [0.1, 0.15) is 0 Å². The lowest BCUT2D eigenvalue weighted by molar-refractivity contribution is 0.0817. The van der Waals surface area contributed by atoms with E-state index in [1.165, 1.54) is 0 Å². The molecule has 0 spiro atoms. The lowest BCUT2D eigenvalue weighted by Gasteiger charge is -2.19. The molecule has 2 aromatic carbocycles. The third kappa shape index (κ3) is 3.03. The van der Waals surface area contributed by atoms with Gasteiger partial charge in [-0.3, -0.25) is 9.79 Å². The Kier molecular flexibility index (Phi) is 4.32. The zero-order chi connectivity index (χ0) is 19.0. The number of methoxy groups -OCH3 is 1. The van der Waals surface area contributed by atoms with Gasteiger partial charge in [0.05, 0.1) is 31.0 Å². The molecule has 0 saturated carbocycles. The number of aliphatic imine (C=N–C) groups is 1. The molecule has 1 atom stereocenters. The number of nitrogens with zero attached hydrogens (tertiary/aromatic N) is 2. The smallest absolute Gasteiger partial charge is 0.260 e. The summed E-state index contributed by atoms with van der Waals surface area (Å²) in [6.07, 6.45) is 4.44. The minimum absolute atomic E-state index is 0.0979. The first kappa shape index (κ1) is 17.1. The van der Waals surface area contributed by atoms with Crippen LogP contribution in [0.25, 0.3) is 5.57 Å². The van der Waals surface area contributed by atoms with Gasteiger partial charge >= 0.3 is 0 Å². The number of hydrogen-bond donors (Lipinski definition) is 1. The van der Waals surface area contributed by atoms with Gasteiger partial charge in [-0.05, 0) is 36.3 Å². The van der Waals surface area contributed by atoms with Gasteiger partial charge in [0.2, 0.25) is 0 Å².